The molecule has 9 heteroatoms. The van der Waals surface area contributed by atoms with Crippen LogP contribution >= 0.6 is 0 Å². The van der Waals surface area contributed by atoms with Gasteiger partial charge < -0.3 is 14.6 Å². The molecule has 9 nitrogen and oxygen atoms in total. The van der Waals surface area contributed by atoms with E-state index in [-0.39, 0.29) is 5.56 Å². The molecule has 5 heterocycles. The van der Waals surface area contributed by atoms with Gasteiger partial charge in [0.25, 0.3) is 5.56 Å². The monoisotopic (exact) mass is 406 g/mol. The van der Waals surface area contributed by atoms with E-state index in [1.807, 2.05) is 10.7 Å². The van der Waals surface area contributed by atoms with Gasteiger partial charge in [-0.1, -0.05) is 0 Å². The van der Waals surface area contributed by atoms with Gasteiger partial charge in [-0.2, -0.15) is 5.10 Å². The molecule has 1 fully saturated rings. The fourth-order valence-corrected chi connectivity index (χ4v) is 3.94. The number of carbonyl (C=O) groups excluding carboxylic acids is 1. The second-order valence-corrected chi connectivity index (χ2v) is 7.67. The van der Waals surface area contributed by atoms with E-state index in [9.17, 15) is 9.59 Å². The molecule has 0 amide bonds. The van der Waals surface area contributed by atoms with E-state index in [1.54, 1.807) is 31.6 Å². The van der Waals surface area contributed by atoms with E-state index in [2.05, 4.69) is 20.3 Å². The van der Waals surface area contributed by atoms with Crippen molar-refractivity contribution in [1.82, 2.24) is 24.2 Å². The average molecular weight is 406 g/mol. The van der Waals surface area contributed by atoms with Gasteiger partial charge in [-0.05, 0) is 17.7 Å². The summed E-state index contributed by atoms with van der Waals surface area (Å²) in [5.74, 6) is 0.635. The Morgan fingerprint density at radius 2 is 2.13 bits per heavy atom. The standard InChI is InChI=1S/C21H22N6O3/c1-25-9-14(18-2-3-22-8-15(18)11-28)6-19(21(25)29)23-20-7-16-10-26(17-12-30-13-17)4-5-27(16)24-20/h2-3,6-9,11,17H,4-5,10,12-13H2,1H3,(H,23,24). The number of hydrogen-bond donors (Lipinski definition) is 1. The van der Waals surface area contributed by atoms with E-state index in [4.69, 9.17) is 4.74 Å². The predicted octanol–water partition coefficient (Wildman–Crippen LogP) is 1.41. The average Bonchev–Trinajstić information content (AvgIpc) is 3.11. The topological polar surface area (TPSA) is 94.3 Å². The molecule has 1 saturated heterocycles. The minimum absolute atomic E-state index is 0.167. The van der Waals surface area contributed by atoms with E-state index in [0.717, 1.165) is 56.0 Å². The van der Waals surface area contributed by atoms with Crippen LogP contribution in [0.15, 0.2) is 41.6 Å². The van der Waals surface area contributed by atoms with Crippen molar-refractivity contribution in [3.05, 3.63) is 58.4 Å². The molecule has 0 radical (unpaired) electrons. The summed E-state index contributed by atoms with van der Waals surface area (Å²) < 4.78 is 8.80. The summed E-state index contributed by atoms with van der Waals surface area (Å²) in [4.78, 5) is 30.5. The molecule has 30 heavy (non-hydrogen) atoms. The lowest BCUT2D eigenvalue weighted by Crippen LogP contribution is -2.51. The Morgan fingerprint density at radius 1 is 1.27 bits per heavy atom. The van der Waals surface area contributed by atoms with E-state index < -0.39 is 0 Å². The Kier molecular flexibility index (Phi) is 4.68. The minimum atomic E-state index is -0.167. The fraction of sp³-hybridized carbons (Fsp3) is 0.333. The Balaban J connectivity index is 1.44. The third kappa shape index (κ3) is 3.31. The van der Waals surface area contributed by atoms with Gasteiger partial charge in [0.1, 0.15) is 5.69 Å². The highest BCUT2D eigenvalue weighted by Crippen LogP contribution is 2.26. The second-order valence-electron chi connectivity index (χ2n) is 7.67. The van der Waals surface area contributed by atoms with Gasteiger partial charge >= 0.3 is 0 Å². The molecule has 3 aromatic rings. The molecule has 0 aromatic carbocycles. The van der Waals surface area contributed by atoms with Crippen molar-refractivity contribution in [2.24, 2.45) is 7.05 Å². The molecule has 1 N–H and O–H groups in total. The molecule has 0 bridgehead atoms. The first-order chi connectivity index (χ1) is 14.6. The van der Waals surface area contributed by atoms with Crippen molar-refractivity contribution >= 4 is 17.8 Å². The van der Waals surface area contributed by atoms with Crippen molar-refractivity contribution in [2.45, 2.75) is 19.1 Å². The molecule has 3 aromatic heterocycles. The summed E-state index contributed by atoms with van der Waals surface area (Å²) in [6.07, 6.45) is 5.63. The Hall–Kier alpha value is -3.30. The number of nitrogens with zero attached hydrogens (tertiary/aromatic N) is 5. The number of pyridine rings is 2. The van der Waals surface area contributed by atoms with Crippen LogP contribution in [0.2, 0.25) is 0 Å². The lowest BCUT2D eigenvalue weighted by atomic mass is 10.0. The quantitative estimate of drug-likeness (QED) is 0.640. The molecule has 0 atom stereocenters. The zero-order chi connectivity index (χ0) is 20.7. The van der Waals surface area contributed by atoms with E-state index >= 15 is 0 Å². The molecule has 0 spiro atoms. The van der Waals surface area contributed by atoms with Gasteiger partial charge in [-0.15, -0.1) is 0 Å². The van der Waals surface area contributed by atoms with Gasteiger partial charge in [0, 0.05) is 55.9 Å². The summed E-state index contributed by atoms with van der Waals surface area (Å²) in [7, 11) is 1.69. The van der Waals surface area contributed by atoms with Gasteiger partial charge in [0.15, 0.2) is 12.1 Å². The normalized spacial score (nSPS) is 16.7. The second kappa shape index (κ2) is 7.51. The molecule has 2 aliphatic rings. The van der Waals surface area contributed by atoms with Crippen molar-refractivity contribution in [3.8, 4) is 11.1 Å². The van der Waals surface area contributed by atoms with Crippen molar-refractivity contribution < 1.29 is 9.53 Å². The summed E-state index contributed by atoms with van der Waals surface area (Å²) >= 11 is 0. The lowest BCUT2D eigenvalue weighted by molar-refractivity contribution is -0.0735. The molecular weight excluding hydrogens is 384 g/mol. The molecule has 0 aliphatic carbocycles. The maximum atomic E-state index is 12.7. The Morgan fingerprint density at radius 3 is 2.90 bits per heavy atom. The van der Waals surface area contributed by atoms with Gasteiger partial charge in [-0.3, -0.25) is 24.2 Å². The highest BCUT2D eigenvalue weighted by atomic mass is 16.5. The summed E-state index contributed by atoms with van der Waals surface area (Å²) in [6.45, 7) is 4.15. The largest absolute Gasteiger partial charge is 0.378 e. The molecule has 154 valence electrons. The predicted molar refractivity (Wildman–Crippen MR) is 111 cm³/mol. The molecule has 0 saturated carbocycles. The fourth-order valence-electron chi connectivity index (χ4n) is 3.94. The van der Waals surface area contributed by atoms with Gasteiger partial charge in [-0.25, -0.2) is 0 Å². The van der Waals surface area contributed by atoms with Crippen LogP contribution in [0.3, 0.4) is 0 Å². The number of anilines is 2. The van der Waals surface area contributed by atoms with Crippen LogP contribution in [-0.2, 0) is 24.9 Å². The summed E-state index contributed by atoms with van der Waals surface area (Å²) in [6, 6.07) is 5.99. The highest BCUT2D eigenvalue weighted by molar-refractivity contribution is 5.87. The number of aryl methyl sites for hydroxylation is 1. The van der Waals surface area contributed by atoms with Crippen LogP contribution in [0, 0.1) is 0 Å². The van der Waals surface area contributed by atoms with Crippen LogP contribution in [0.1, 0.15) is 16.1 Å². The van der Waals surface area contributed by atoms with Gasteiger partial charge in [0.2, 0.25) is 0 Å². The zero-order valence-corrected chi connectivity index (χ0v) is 16.6. The first kappa shape index (κ1) is 18.7. The zero-order valence-electron chi connectivity index (χ0n) is 16.6. The number of carbonyl (C=O) groups is 1. The Bertz CT molecular complexity index is 1160. The summed E-state index contributed by atoms with van der Waals surface area (Å²) in [5, 5.41) is 7.80. The van der Waals surface area contributed by atoms with E-state index in [1.165, 1.54) is 10.8 Å². The van der Waals surface area contributed by atoms with Crippen LogP contribution in [0.25, 0.3) is 11.1 Å². The maximum Gasteiger partial charge on any atom is 0.274 e. The minimum Gasteiger partial charge on any atom is -0.378 e. The third-order valence-electron chi connectivity index (χ3n) is 5.70. The number of ether oxygens (including phenoxy) is 1. The number of nitrogens with one attached hydrogen (secondary N) is 1. The molecule has 0 unspecified atom stereocenters. The number of aldehydes is 1. The number of rotatable bonds is 5. The number of fused-ring (bicyclic) bond motifs is 1. The van der Waals surface area contributed by atoms with Crippen LogP contribution in [0.4, 0.5) is 11.5 Å². The number of aromatic nitrogens is 4. The smallest absolute Gasteiger partial charge is 0.274 e. The number of hydrogen-bond acceptors (Lipinski definition) is 7. The Labute approximate surface area is 172 Å². The first-order valence-electron chi connectivity index (χ1n) is 9.88. The van der Waals surface area contributed by atoms with Gasteiger partial charge in [0.05, 0.1) is 31.5 Å². The van der Waals surface area contributed by atoms with Crippen molar-refractivity contribution in [3.63, 3.8) is 0 Å². The van der Waals surface area contributed by atoms with Crippen molar-refractivity contribution in [2.75, 3.05) is 25.1 Å². The lowest BCUT2D eigenvalue weighted by Gasteiger charge is -2.39. The summed E-state index contributed by atoms with van der Waals surface area (Å²) in [5.41, 5.74) is 3.30. The van der Waals surface area contributed by atoms with E-state index in [0.29, 0.717) is 23.1 Å². The maximum absolute atomic E-state index is 12.7. The SMILES string of the molecule is Cn1cc(-c2ccncc2C=O)cc(Nc2cc3n(n2)CCN(C2COC2)C3)c1=O. The van der Waals surface area contributed by atoms with Crippen LogP contribution in [-0.4, -0.2) is 56.3 Å². The molecule has 5 rings (SSSR count). The molecule has 2 aliphatic heterocycles. The molecular formula is C21H22N6O3. The van der Waals surface area contributed by atoms with Crippen molar-refractivity contribution in [1.29, 1.82) is 0 Å². The van der Waals surface area contributed by atoms with Crippen LogP contribution in [0.5, 0.6) is 0 Å². The highest BCUT2D eigenvalue weighted by Gasteiger charge is 2.29. The third-order valence-corrected chi connectivity index (χ3v) is 5.70. The first-order valence-corrected chi connectivity index (χ1v) is 9.88. The van der Waals surface area contributed by atoms with Crippen LogP contribution < -0.4 is 10.9 Å².